The Morgan fingerprint density at radius 3 is 2.38 bits per heavy atom. The van der Waals surface area contributed by atoms with Crippen LogP contribution in [0.15, 0.2) is 24.3 Å². The lowest BCUT2D eigenvalue weighted by Crippen LogP contribution is -2.62. The van der Waals surface area contributed by atoms with Crippen LogP contribution in [-0.4, -0.2) is 103 Å². The van der Waals surface area contributed by atoms with Crippen molar-refractivity contribution < 1.29 is 23.9 Å². The number of piperazine rings is 1. The highest BCUT2D eigenvalue weighted by molar-refractivity contribution is 6.01. The molecule has 0 bridgehead atoms. The topological polar surface area (TPSA) is 91.4 Å². The first-order chi connectivity index (χ1) is 19.0. The molecule has 39 heavy (non-hydrogen) atoms. The van der Waals surface area contributed by atoms with Crippen LogP contribution in [0.25, 0.3) is 0 Å². The molecule has 0 unspecified atom stereocenters. The first-order valence-corrected chi connectivity index (χ1v) is 15.0. The molecule has 0 spiro atoms. The molecule has 2 aliphatic carbocycles. The highest BCUT2D eigenvalue weighted by Crippen LogP contribution is 2.36. The molecule has 2 amide bonds. The van der Waals surface area contributed by atoms with Gasteiger partial charge in [-0.25, -0.2) is 0 Å². The number of amides is 2. The van der Waals surface area contributed by atoms with Crippen LogP contribution < -0.4 is 10.2 Å². The van der Waals surface area contributed by atoms with Gasteiger partial charge in [-0.2, -0.15) is 0 Å². The fourth-order valence-corrected chi connectivity index (χ4v) is 7.21. The summed E-state index contributed by atoms with van der Waals surface area (Å²) in [6.07, 6.45) is 7.18. The summed E-state index contributed by atoms with van der Waals surface area (Å²) in [6.45, 7) is 6.89. The molecule has 6 rings (SSSR count). The third-order valence-corrected chi connectivity index (χ3v) is 9.65. The predicted octanol–water partition coefficient (Wildman–Crippen LogP) is 2.38. The molecule has 1 aromatic rings. The van der Waals surface area contributed by atoms with E-state index in [-0.39, 0.29) is 30.3 Å². The third kappa shape index (κ3) is 5.09. The van der Waals surface area contributed by atoms with Gasteiger partial charge in [-0.1, -0.05) is 25.7 Å². The Bertz CT molecular complexity index is 1060. The van der Waals surface area contributed by atoms with Crippen molar-refractivity contribution in [3.63, 3.8) is 0 Å². The molecule has 3 aliphatic heterocycles. The number of hydrogen-bond acceptors (Lipinski definition) is 7. The smallest absolute Gasteiger partial charge is 0.252 e. The maximum Gasteiger partial charge on any atom is 0.252 e. The number of anilines is 1. The number of nitrogens with one attached hydrogen (secondary N) is 1. The molecule has 9 heteroatoms. The quantitative estimate of drug-likeness (QED) is 0.570. The van der Waals surface area contributed by atoms with Crippen LogP contribution in [0.4, 0.5) is 5.69 Å². The molecule has 5 fully saturated rings. The number of likely N-dealkylation sites (tertiary alicyclic amines) is 1. The Labute approximate surface area is 231 Å². The molecule has 0 radical (unpaired) electrons. The van der Waals surface area contributed by atoms with Gasteiger partial charge in [0.1, 0.15) is 30.4 Å². The molecule has 1 aromatic carbocycles. The van der Waals surface area contributed by atoms with Gasteiger partial charge in [0.2, 0.25) is 5.91 Å². The van der Waals surface area contributed by atoms with E-state index in [1.807, 2.05) is 31.2 Å². The zero-order valence-corrected chi connectivity index (χ0v) is 23.1. The standard InChI is InChI=1S/C30H42N4O5/c1-2-38-25-19-34(26-24(35)20-39-27(25)26)29(37)30(13-4-3-5-14-30)31-28(36)21-9-11-23(12-10-21)33-17-15-32(16-18-33)22-7-6-8-22/h9-12,22,25-27H,2-8,13-20H2,1H3,(H,31,36)/t25-,26+,27+/m0/s1. The Morgan fingerprint density at radius 1 is 1.03 bits per heavy atom. The van der Waals surface area contributed by atoms with E-state index < -0.39 is 17.7 Å². The number of ketones is 1. The van der Waals surface area contributed by atoms with Gasteiger partial charge in [0.15, 0.2) is 5.78 Å². The van der Waals surface area contributed by atoms with Crippen molar-refractivity contribution in [3.8, 4) is 0 Å². The van der Waals surface area contributed by atoms with Gasteiger partial charge in [0.25, 0.3) is 5.91 Å². The fraction of sp³-hybridized carbons (Fsp3) is 0.700. The Kier molecular flexibility index (Phi) is 7.66. The van der Waals surface area contributed by atoms with Gasteiger partial charge in [0.05, 0.1) is 6.54 Å². The van der Waals surface area contributed by atoms with Crippen LogP contribution in [0, 0.1) is 0 Å². The summed E-state index contributed by atoms with van der Waals surface area (Å²) in [5, 5.41) is 3.15. The second-order valence-electron chi connectivity index (χ2n) is 11.9. The molecule has 3 atom stereocenters. The van der Waals surface area contributed by atoms with E-state index in [1.165, 1.54) is 19.3 Å². The Morgan fingerprint density at radius 2 is 1.74 bits per heavy atom. The van der Waals surface area contributed by atoms with Crippen molar-refractivity contribution in [1.29, 1.82) is 0 Å². The molecule has 2 saturated carbocycles. The van der Waals surface area contributed by atoms with Crippen molar-refractivity contribution in [2.45, 2.75) is 88.1 Å². The van der Waals surface area contributed by atoms with Crippen molar-refractivity contribution in [3.05, 3.63) is 29.8 Å². The number of ether oxygens (including phenoxy) is 2. The van der Waals surface area contributed by atoms with E-state index >= 15 is 0 Å². The number of hydrogen-bond donors (Lipinski definition) is 1. The highest BCUT2D eigenvalue weighted by atomic mass is 16.6. The summed E-state index contributed by atoms with van der Waals surface area (Å²) in [5.41, 5.74) is 0.671. The molecular formula is C30H42N4O5. The lowest BCUT2D eigenvalue weighted by Gasteiger charge is -2.43. The Hall–Kier alpha value is -2.49. The summed E-state index contributed by atoms with van der Waals surface area (Å²) in [4.78, 5) is 47.0. The minimum absolute atomic E-state index is 0.00399. The SMILES string of the molecule is CCO[C@H]1CN(C(=O)C2(NC(=O)c3ccc(N4CCN(C5CCC5)CC4)cc3)CCCCC2)[C@@H]2C(=O)CO[C@H]12. The zero-order valence-electron chi connectivity index (χ0n) is 23.1. The summed E-state index contributed by atoms with van der Waals surface area (Å²) >= 11 is 0. The van der Waals surface area contributed by atoms with Crippen molar-refractivity contribution >= 4 is 23.3 Å². The molecule has 5 aliphatic rings. The van der Waals surface area contributed by atoms with Crippen LogP contribution in [0.3, 0.4) is 0 Å². The molecule has 1 N–H and O–H groups in total. The predicted molar refractivity (Wildman–Crippen MR) is 147 cm³/mol. The number of Topliss-reactive ketones (excluding diaryl/α,β-unsaturated/α-hetero) is 1. The maximum atomic E-state index is 14.1. The molecule has 212 valence electrons. The number of fused-ring (bicyclic) bond motifs is 1. The molecular weight excluding hydrogens is 496 g/mol. The van der Waals surface area contributed by atoms with Crippen molar-refractivity contribution in [2.24, 2.45) is 0 Å². The average molecular weight is 539 g/mol. The van der Waals surface area contributed by atoms with Crippen molar-refractivity contribution in [1.82, 2.24) is 15.1 Å². The average Bonchev–Trinajstić information content (AvgIpc) is 3.49. The molecule has 0 aromatic heterocycles. The largest absolute Gasteiger partial charge is 0.374 e. The molecule has 3 heterocycles. The molecule has 3 saturated heterocycles. The minimum Gasteiger partial charge on any atom is -0.374 e. The van der Waals surface area contributed by atoms with E-state index in [1.54, 1.807) is 4.90 Å². The van der Waals surface area contributed by atoms with Gasteiger partial charge in [0, 0.05) is 50.1 Å². The number of carbonyl (C=O) groups excluding carboxylic acids is 3. The van der Waals surface area contributed by atoms with Crippen LogP contribution in [0.2, 0.25) is 0 Å². The molecule has 9 nitrogen and oxygen atoms in total. The van der Waals surface area contributed by atoms with Gasteiger partial charge in [-0.05, 0) is 56.9 Å². The highest BCUT2D eigenvalue weighted by Gasteiger charge is 2.56. The van der Waals surface area contributed by atoms with Crippen LogP contribution in [0.1, 0.15) is 68.6 Å². The lowest BCUT2D eigenvalue weighted by molar-refractivity contribution is -0.143. The van der Waals surface area contributed by atoms with Crippen LogP contribution >= 0.6 is 0 Å². The monoisotopic (exact) mass is 538 g/mol. The number of benzene rings is 1. The summed E-state index contributed by atoms with van der Waals surface area (Å²) in [6, 6.07) is 7.94. The lowest BCUT2D eigenvalue weighted by atomic mass is 9.80. The maximum absolute atomic E-state index is 14.1. The van der Waals surface area contributed by atoms with E-state index in [2.05, 4.69) is 15.1 Å². The summed E-state index contributed by atoms with van der Waals surface area (Å²) in [5.74, 6) is -0.498. The third-order valence-electron chi connectivity index (χ3n) is 9.65. The number of rotatable bonds is 7. The second kappa shape index (κ2) is 11.2. The second-order valence-corrected chi connectivity index (χ2v) is 11.9. The van der Waals surface area contributed by atoms with Gasteiger partial charge in [-0.3, -0.25) is 19.3 Å². The van der Waals surface area contributed by atoms with E-state index in [0.717, 1.165) is 57.2 Å². The number of nitrogens with zero attached hydrogens (tertiary/aromatic N) is 3. The van der Waals surface area contributed by atoms with E-state index in [4.69, 9.17) is 9.47 Å². The zero-order chi connectivity index (χ0) is 27.0. The van der Waals surface area contributed by atoms with Gasteiger partial charge in [-0.15, -0.1) is 0 Å². The van der Waals surface area contributed by atoms with Gasteiger partial charge >= 0.3 is 0 Å². The summed E-state index contributed by atoms with van der Waals surface area (Å²) < 4.78 is 11.6. The van der Waals surface area contributed by atoms with E-state index in [0.29, 0.717) is 31.6 Å². The van der Waals surface area contributed by atoms with E-state index in [9.17, 15) is 14.4 Å². The van der Waals surface area contributed by atoms with Gasteiger partial charge < -0.3 is 24.6 Å². The fourth-order valence-electron chi connectivity index (χ4n) is 7.21. The number of carbonyl (C=O) groups is 3. The first kappa shape index (κ1) is 26.7. The van der Waals surface area contributed by atoms with Crippen LogP contribution in [-0.2, 0) is 19.1 Å². The first-order valence-electron chi connectivity index (χ1n) is 15.0. The Balaban J connectivity index is 1.14. The minimum atomic E-state index is -1.01. The van der Waals surface area contributed by atoms with Crippen LogP contribution in [0.5, 0.6) is 0 Å². The van der Waals surface area contributed by atoms with Crippen molar-refractivity contribution in [2.75, 3.05) is 50.8 Å². The normalized spacial score (nSPS) is 29.3. The summed E-state index contributed by atoms with van der Waals surface area (Å²) in [7, 11) is 0.